The highest BCUT2D eigenvalue weighted by Crippen LogP contribution is 2.24. The lowest BCUT2D eigenvalue weighted by Crippen LogP contribution is -2.38. The van der Waals surface area contributed by atoms with Gasteiger partial charge in [0, 0.05) is 25.7 Å². The van der Waals surface area contributed by atoms with Crippen LogP contribution in [0.3, 0.4) is 0 Å². The maximum absolute atomic E-state index is 12.5. The molecule has 7 nitrogen and oxygen atoms in total. The van der Waals surface area contributed by atoms with Gasteiger partial charge >= 0.3 is 6.09 Å². The second kappa shape index (κ2) is 10.4. The van der Waals surface area contributed by atoms with Crippen molar-refractivity contribution in [2.45, 2.75) is 26.4 Å². The molecule has 0 bridgehead atoms. The molecule has 3 rings (SSSR count). The van der Waals surface area contributed by atoms with Crippen LogP contribution in [-0.2, 0) is 16.1 Å². The molecule has 0 saturated carbocycles. The van der Waals surface area contributed by atoms with Crippen LogP contribution in [0.5, 0.6) is 5.75 Å². The summed E-state index contributed by atoms with van der Waals surface area (Å²) in [7, 11) is 0. The highest BCUT2D eigenvalue weighted by atomic mass is 16.6. The van der Waals surface area contributed by atoms with E-state index in [1.807, 2.05) is 36.4 Å². The van der Waals surface area contributed by atoms with Gasteiger partial charge in [-0.05, 0) is 48.6 Å². The summed E-state index contributed by atoms with van der Waals surface area (Å²) in [6.45, 7) is 2.73. The van der Waals surface area contributed by atoms with Crippen LogP contribution in [0.2, 0.25) is 0 Å². The quantitative estimate of drug-likeness (QED) is 0.414. The van der Waals surface area contributed by atoms with Crippen molar-refractivity contribution in [2.24, 2.45) is 5.92 Å². The maximum Gasteiger partial charge on any atom is 0.410 e. The Balaban J connectivity index is 1.49. The molecule has 1 heterocycles. The Kier molecular flexibility index (Phi) is 7.43. The first-order valence-electron chi connectivity index (χ1n) is 10.2. The molecule has 0 aromatic heterocycles. The second-order valence-electron chi connectivity index (χ2n) is 7.50. The number of benzene rings is 2. The van der Waals surface area contributed by atoms with Gasteiger partial charge in [0.15, 0.2) is 5.78 Å². The number of phenols is 1. The van der Waals surface area contributed by atoms with Crippen LogP contribution < -0.4 is 5.32 Å². The number of carbonyl (C=O) groups is 3. The Morgan fingerprint density at radius 3 is 2.52 bits per heavy atom. The Bertz CT molecular complexity index is 963. The first-order chi connectivity index (χ1) is 14.9. The minimum atomic E-state index is -0.339. The number of ether oxygens (including phenoxy) is 1. The van der Waals surface area contributed by atoms with E-state index in [0.29, 0.717) is 18.8 Å². The van der Waals surface area contributed by atoms with Crippen molar-refractivity contribution in [1.82, 2.24) is 4.90 Å². The SMILES string of the molecule is CC(=O)Nc1ccc(O)c(C(=O)/C=C/C2CCN(C(=O)OCc3ccccc3)CC2)c1. The number of anilines is 1. The van der Waals surface area contributed by atoms with E-state index in [2.05, 4.69) is 5.32 Å². The molecule has 2 aromatic carbocycles. The molecule has 2 amide bonds. The fourth-order valence-electron chi connectivity index (χ4n) is 3.41. The van der Waals surface area contributed by atoms with E-state index in [9.17, 15) is 19.5 Å². The molecule has 31 heavy (non-hydrogen) atoms. The third-order valence-electron chi connectivity index (χ3n) is 5.11. The second-order valence-corrected chi connectivity index (χ2v) is 7.50. The number of carbonyl (C=O) groups excluding carboxylic acids is 3. The van der Waals surface area contributed by atoms with E-state index >= 15 is 0 Å². The number of ketones is 1. The number of hydrogen-bond donors (Lipinski definition) is 2. The smallest absolute Gasteiger partial charge is 0.410 e. The largest absolute Gasteiger partial charge is 0.507 e. The monoisotopic (exact) mass is 422 g/mol. The van der Waals surface area contributed by atoms with Gasteiger partial charge in [0.2, 0.25) is 5.91 Å². The number of likely N-dealkylation sites (tertiary alicyclic amines) is 1. The normalized spacial score (nSPS) is 14.4. The predicted octanol–water partition coefficient (Wildman–Crippen LogP) is 4.14. The minimum absolute atomic E-state index is 0.129. The lowest BCUT2D eigenvalue weighted by atomic mass is 9.95. The van der Waals surface area contributed by atoms with Gasteiger partial charge in [-0.25, -0.2) is 4.79 Å². The summed E-state index contributed by atoms with van der Waals surface area (Å²) in [4.78, 5) is 37.6. The van der Waals surface area contributed by atoms with Gasteiger partial charge in [0.1, 0.15) is 12.4 Å². The molecule has 0 aliphatic carbocycles. The summed E-state index contributed by atoms with van der Waals surface area (Å²) >= 11 is 0. The predicted molar refractivity (Wildman–Crippen MR) is 117 cm³/mol. The van der Waals surface area contributed by atoms with Crippen molar-refractivity contribution in [2.75, 3.05) is 18.4 Å². The fraction of sp³-hybridized carbons (Fsp3) is 0.292. The van der Waals surface area contributed by atoms with Gasteiger partial charge in [-0.3, -0.25) is 9.59 Å². The highest BCUT2D eigenvalue weighted by Gasteiger charge is 2.22. The zero-order valence-electron chi connectivity index (χ0n) is 17.4. The molecule has 1 saturated heterocycles. The number of phenolic OH excluding ortho intramolecular Hbond substituents is 1. The van der Waals surface area contributed by atoms with E-state index in [-0.39, 0.29) is 41.6 Å². The number of nitrogens with one attached hydrogen (secondary N) is 1. The molecule has 0 unspecified atom stereocenters. The maximum atomic E-state index is 12.5. The van der Waals surface area contributed by atoms with Crippen LogP contribution in [0.25, 0.3) is 0 Å². The fourth-order valence-corrected chi connectivity index (χ4v) is 3.41. The molecule has 0 spiro atoms. The third-order valence-corrected chi connectivity index (χ3v) is 5.11. The zero-order chi connectivity index (χ0) is 22.2. The van der Waals surface area contributed by atoms with E-state index in [1.165, 1.54) is 31.2 Å². The molecule has 1 aliphatic heterocycles. The number of allylic oxidation sites excluding steroid dienone is 2. The van der Waals surface area contributed by atoms with Gasteiger partial charge < -0.3 is 20.1 Å². The van der Waals surface area contributed by atoms with Crippen molar-refractivity contribution in [3.63, 3.8) is 0 Å². The van der Waals surface area contributed by atoms with Crippen molar-refractivity contribution < 1.29 is 24.2 Å². The molecule has 2 aromatic rings. The highest BCUT2D eigenvalue weighted by molar-refractivity contribution is 6.07. The number of hydrogen-bond acceptors (Lipinski definition) is 5. The lowest BCUT2D eigenvalue weighted by molar-refractivity contribution is -0.114. The lowest BCUT2D eigenvalue weighted by Gasteiger charge is -2.29. The van der Waals surface area contributed by atoms with Gasteiger partial charge in [0.05, 0.1) is 5.56 Å². The average molecular weight is 422 g/mol. The van der Waals surface area contributed by atoms with Crippen LogP contribution in [-0.4, -0.2) is 40.9 Å². The number of aromatic hydroxyl groups is 1. The molecule has 0 atom stereocenters. The first kappa shape index (κ1) is 22.1. The number of piperidine rings is 1. The van der Waals surface area contributed by atoms with Crippen LogP contribution in [0, 0.1) is 5.92 Å². The van der Waals surface area contributed by atoms with Crippen LogP contribution in [0.4, 0.5) is 10.5 Å². The summed E-state index contributed by atoms with van der Waals surface area (Å²) in [6, 6.07) is 13.9. The Morgan fingerprint density at radius 1 is 1.13 bits per heavy atom. The van der Waals surface area contributed by atoms with Gasteiger partial charge in [0.25, 0.3) is 0 Å². The number of nitrogens with zero attached hydrogens (tertiary/aromatic N) is 1. The Morgan fingerprint density at radius 2 is 1.84 bits per heavy atom. The molecule has 7 heteroatoms. The molecule has 1 aliphatic rings. The van der Waals surface area contributed by atoms with Crippen molar-refractivity contribution in [3.8, 4) is 5.75 Å². The number of rotatable bonds is 6. The summed E-state index contributed by atoms with van der Waals surface area (Å²) < 4.78 is 5.37. The van der Waals surface area contributed by atoms with E-state index < -0.39 is 0 Å². The standard InChI is InChI=1S/C24H26N2O5/c1-17(27)25-20-8-10-23(29)21(15-20)22(28)9-7-18-11-13-26(14-12-18)24(30)31-16-19-5-3-2-4-6-19/h2-10,15,18,29H,11-14,16H2,1H3,(H,25,27)/b9-7+. The third kappa shape index (κ3) is 6.44. The molecule has 1 fully saturated rings. The molecule has 162 valence electrons. The topological polar surface area (TPSA) is 95.9 Å². The molecular weight excluding hydrogens is 396 g/mol. The van der Waals surface area contributed by atoms with Gasteiger partial charge in [-0.1, -0.05) is 36.4 Å². The van der Waals surface area contributed by atoms with Gasteiger partial charge in [-0.2, -0.15) is 0 Å². The summed E-state index contributed by atoms with van der Waals surface area (Å²) in [5, 5.41) is 12.6. The minimum Gasteiger partial charge on any atom is -0.507 e. The Labute approximate surface area is 181 Å². The van der Waals surface area contributed by atoms with Crippen LogP contribution >= 0.6 is 0 Å². The van der Waals surface area contributed by atoms with Crippen LogP contribution in [0.1, 0.15) is 35.7 Å². The van der Waals surface area contributed by atoms with Crippen molar-refractivity contribution in [3.05, 3.63) is 71.8 Å². The van der Waals surface area contributed by atoms with Gasteiger partial charge in [-0.15, -0.1) is 0 Å². The van der Waals surface area contributed by atoms with E-state index in [0.717, 1.165) is 18.4 Å². The van der Waals surface area contributed by atoms with Crippen LogP contribution in [0.15, 0.2) is 60.7 Å². The molecular formula is C24H26N2O5. The first-order valence-corrected chi connectivity index (χ1v) is 10.2. The van der Waals surface area contributed by atoms with Crippen molar-refractivity contribution in [1.29, 1.82) is 0 Å². The number of amides is 2. The van der Waals surface area contributed by atoms with E-state index in [1.54, 1.807) is 4.90 Å². The van der Waals surface area contributed by atoms with Crippen molar-refractivity contribution >= 4 is 23.5 Å². The summed E-state index contributed by atoms with van der Waals surface area (Å²) in [5.74, 6) is -0.578. The average Bonchev–Trinajstić information content (AvgIpc) is 2.78. The molecule has 2 N–H and O–H groups in total. The zero-order valence-corrected chi connectivity index (χ0v) is 17.4. The Hall–Kier alpha value is -3.61. The van der Waals surface area contributed by atoms with E-state index in [4.69, 9.17) is 4.74 Å². The molecule has 0 radical (unpaired) electrons. The summed E-state index contributed by atoms with van der Waals surface area (Å²) in [5.41, 5.74) is 1.52. The summed E-state index contributed by atoms with van der Waals surface area (Å²) in [6.07, 6.45) is 4.38.